The van der Waals surface area contributed by atoms with Gasteiger partial charge in [-0.05, 0) is 61.4 Å². The van der Waals surface area contributed by atoms with Crippen molar-refractivity contribution in [1.82, 2.24) is 4.90 Å². The van der Waals surface area contributed by atoms with E-state index in [9.17, 15) is 14.7 Å². The molecule has 1 aliphatic heterocycles. The van der Waals surface area contributed by atoms with Crippen LogP contribution in [0.15, 0.2) is 48.5 Å². The van der Waals surface area contributed by atoms with E-state index in [2.05, 4.69) is 0 Å². The molecule has 5 heteroatoms. The zero-order valence-corrected chi connectivity index (χ0v) is 16.4. The smallest absolute Gasteiger partial charge is 0.335 e. The molecule has 28 heavy (non-hydrogen) atoms. The Balaban J connectivity index is 1.59. The van der Waals surface area contributed by atoms with Crippen molar-refractivity contribution in [1.29, 1.82) is 0 Å². The van der Waals surface area contributed by atoms with Crippen LogP contribution in [0.4, 0.5) is 0 Å². The summed E-state index contributed by atoms with van der Waals surface area (Å²) in [6, 6.07) is 14.9. The number of benzene rings is 2. The summed E-state index contributed by atoms with van der Waals surface area (Å²) in [5.74, 6) is 0.206. The van der Waals surface area contributed by atoms with Crippen LogP contribution < -0.4 is 4.74 Å². The Morgan fingerprint density at radius 1 is 1.14 bits per heavy atom. The van der Waals surface area contributed by atoms with Crippen LogP contribution in [0.3, 0.4) is 0 Å². The van der Waals surface area contributed by atoms with E-state index in [-0.39, 0.29) is 11.8 Å². The molecule has 0 bridgehead atoms. The first-order chi connectivity index (χ1) is 13.5. The first-order valence-corrected chi connectivity index (χ1v) is 9.73. The lowest BCUT2D eigenvalue weighted by Crippen LogP contribution is -2.41. The number of likely N-dealkylation sites (tertiary alicyclic amines) is 1. The van der Waals surface area contributed by atoms with E-state index in [1.54, 1.807) is 19.2 Å². The van der Waals surface area contributed by atoms with Crippen LogP contribution in [0.1, 0.15) is 47.2 Å². The number of methoxy groups -OCH3 is 1. The molecule has 0 aromatic heterocycles. The number of rotatable bonds is 6. The van der Waals surface area contributed by atoms with Crippen LogP contribution in [-0.2, 0) is 11.2 Å². The van der Waals surface area contributed by atoms with Crippen molar-refractivity contribution in [2.45, 2.75) is 32.1 Å². The molecule has 1 aliphatic rings. The second-order valence-electron chi connectivity index (χ2n) is 7.43. The summed E-state index contributed by atoms with van der Waals surface area (Å²) in [4.78, 5) is 26.2. The van der Waals surface area contributed by atoms with Crippen molar-refractivity contribution < 1.29 is 19.4 Å². The van der Waals surface area contributed by atoms with E-state index in [4.69, 9.17) is 4.74 Å². The van der Waals surface area contributed by atoms with E-state index >= 15 is 0 Å². The molecule has 1 heterocycles. The summed E-state index contributed by atoms with van der Waals surface area (Å²) in [5, 5.41) is 9.35. The molecule has 0 aliphatic carbocycles. The Morgan fingerprint density at radius 2 is 1.86 bits per heavy atom. The highest BCUT2D eigenvalue weighted by molar-refractivity contribution is 5.89. The molecule has 148 valence electrons. The van der Waals surface area contributed by atoms with Gasteiger partial charge in [0.1, 0.15) is 5.75 Å². The molecule has 0 radical (unpaired) electrons. The van der Waals surface area contributed by atoms with Gasteiger partial charge in [-0.2, -0.15) is 0 Å². The SMILES string of the molecule is COc1cccc(C(C)C(=O)N2CCC(Cc3ccccc3C(=O)O)CC2)c1. The van der Waals surface area contributed by atoms with E-state index in [1.165, 1.54) is 0 Å². The van der Waals surface area contributed by atoms with Gasteiger partial charge in [-0.1, -0.05) is 30.3 Å². The van der Waals surface area contributed by atoms with E-state index in [0.29, 0.717) is 24.6 Å². The maximum absolute atomic E-state index is 12.9. The first kappa shape index (κ1) is 19.9. The molecular weight excluding hydrogens is 354 g/mol. The molecule has 1 N–H and O–H groups in total. The summed E-state index contributed by atoms with van der Waals surface area (Å²) in [5.41, 5.74) is 2.22. The maximum Gasteiger partial charge on any atom is 0.335 e. The van der Waals surface area contributed by atoms with Crippen LogP contribution >= 0.6 is 0 Å². The van der Waals surface area contributed by atoms with Gasteiger partial charge >= 0.3 is 5.97 Å². The van der Waals surface area contributed by atoms with E-state index in [1.807, 2.05) is 48.2 Å². The third kappa shape index (κ3) is 4.53. The molecule has 1 amide bonds. The van der Waals surface area contributed by atoms with Gasteiger partial charge in [0.05, 0.1) is 18.6 Å². The summed E-state index contributed by atoms with van der Waals surface area (Å²) in [6.07, 6.45) is 2.53. The van der Waals surface area contributed by atoms with Gasteiger partial charge in [0.2, 0.25) is 5.91 Å². The molecular formula is C23H27NO4. The second kappa shape index (κ2) is 8.91. The van der Waals surface area contributed by atoms with Gasteiger partial charge in [-0.25, -0.2) is 4.79 Å². The molecule has 1 saturated heterocycles. The molecule has 1 atom stereocenters. The fourth-order valence-corrected chi connectivity index (χ4v) is 3.90. The van der Waals surface area contributed by atoms with Gasteiger partial charge in [-0.3, -0.25) is 4.79 Å². The Morgan fingerprint density at radius 3 is 2.54 bits per heavy atom. The van der Waals surface area contributed by atoms with Gasteiger partial charge < -0.3 is 14.7 Å². The summed E-state index contributed by atoms with van der Waals surface area (Å²) >= 11 is 0. The minimum Gasteiger partial charge on any atom is -0.497 e. The number of ether oxygens (including phenoxy) is 1. The minimum atomic E-state index is -0.879. The van der Waals surface area contributed by atoms with Crippen LogP contribution in [0.25, 0.3) is 0 Å². The average Bonchev–Trinajstić information content (AvgIpc) is 2.73. The fourth-order valence-electron chi connectivity index (χ4n) is 3.90. The molecule has 5 nitrogen and oxygen atoms in total. The lowest BCUT2D eigenvalue weighted by Gasteiger charge is -2.34. The lowest BCUT2D eigenvalue weighted by atomic mass is 9.87. The topological polar surface area (TPSA) is 66.8 Å². The lowest BCUT2D eigenvalue weighted by molar-refractivity contribution is -0.133. The Kier molecular flexibility index (Phi) is 6.34. The van der Waals surface area contributed by atoms with Gasteiger partial charge in [0.25, 0.3) is 0 Å². The third-order valence-electron chi connectivity index (χ3n) is 5.65. The number of aromatic carboxylic acids is 1. The predicted octanol–water partition coefficient (Wildman–Crippen LogP) is 3.98. The number of carbonyl (C=O) groups excluding carboxylic acids is 1. The quantitative estimate of drug-likeness (QED) is 0.822. The number of carboxylic acid groups (broad SMARTS) is 1. The number of amides is 1. The predicted molar refractivity (Wildman–Crippen MR) is 108 cm³/mol. The number of hydrogen-bond donors (Lipinski definition) is 1. The van der Waals surface area contributed by atoms with Crippen molar-refractivity contribution in [2.75, 3.05) is 20.2 Å². The van der Waals surface area contributed by atoms with Crippen LogP contribution in [-0.4, -0.2) is 42.1 Å². The highest BCUT2D eigenvalue weighted by Crippen LogP contribution is 2.27. The zero-order chi connectivity index (χ0) is 20.1. The summed E-state index contributed by atoms with van der Waals surface area (Å²) in [7, 11) is 1.62. The number of nitrogens with zero attached hydrogens (tertiary/aromatic N) is 1. The van der Waals surface area contributed by atoms with Crippen LogP contribution in [0.2, 0.25) is 0 Å². The number of carboxylic acids is 1. The molecule has 2 aromatic carbocycles. The summed E-state index contributed by atoms with van der Waals surface area (Å²) < 4.78 is 5.26. The van der Waals surface area contributed by atoms with Crippen molar-refractivity contribution in [3.63, 3.8) is 0 Å². The minimum absolute atomic E-state index is 0.137. The normalized spacial score (nSPS) is 15.9. The van der Waals surface area contributed by atoms with Crippen molar-refractivity contribution in [3.05, 3.63) is 65.2 Å². The summed E-state index contributed by atoms with van der Waals surface area (Å²) in [6.45, 7) is 3.37. The monoisotopic (exact) mass is 381 g/mol. The Hall–Kier alpha value is -2.82. The molecule has 0 spiro atoms. The van der Waals surface area contributed by atoms with Crippen molar-refractivity contribution in [3.8, 4) is 5.75 Å². The Bertz CT molecular complexity index is 840. The highest BCUT2D eigenvalue weighted by Gasteiger charge is 2.27. The Labute approximate surface area is 165 Å². The second-order valence-corrected chi connectivity index (χ2v) is 7.43. The maximum atomic E-state index is 12.9. The van der Waals surface area contributed by atoms with Crippen LogP contribution in [0.5, 0.6) is 5.75 Å². The van der Waals surface area contributed by atoms with Crippen molar-refractivity contribution >= 4 is 11.9 Å². The average molecular weight is 381 g/mol. The fraction of sp³-hybridized carbons (Fsp3) is 0.391. The van der Waals surface area contributed by atoms with Crippen molar-refractivity contribution in [2.24, 2.45) is 5.92 Å². The zero-order valence-electron chi connectivity index (χ0n) is 16.4. The van der Waals surface area contributed by atoms with Gasteiger partial charge in [-0.15, -0.1) is 0 Å². The number of hydrogen-bond acceptors (Lipinski definition) is 3. The van der Waals surface area contributed by atoms with Gasteiger partial charge in [0.15, 0.2) is 0 Å². The van der Waals surface area contributed by atoms with E-state index < -0.39 is 5.97 Å². The van der Waals surface area contributed by atoms with Crippen LogP contribution in [0, 0.1) is 5.92 Å². The molecule has 0 saturated carbocycles. The highest BCUT2D eigenvalue weighted by atomic mass is 16.5. The largest absolute Gasteiger partial charge is 0.497 e. The third-order valence-corrected chi connectivity index (χ3v) is 5.65. The molecule has 1 fully saturated rings. The first-order valence-electron chi connectivity index (χ1n) is 9.73. The van der Waals surface area contributed by atoms with E-state index in [0.717, 1.165) is 36.1 Å². The molecule has 2 aromatic rings. The molecule has 3 rings (SSSR count). The standard InChI is InChI=1S/C23H27NO4/c1-16(18-7-5-8-20(15-18)28-2)22(25)24-12-10-17(11-13-24)14-19-6-3-4-9-21(19)23(26)27/h3-9,15-17H,10-14H2,1-2H3,(H,26,27). The number of piperidine rings is 1. The number of carbonyl (C=O) groups is 2. The molecule has 1 unspecified atom stereocenters. The van der Waals surface area contributed by atoms with Gasteiger partial charge in [0, 0.05) is 13.1 Å².